The summed E-state index contributed by atoms with van der Waals surface area (Å²) in [6.07, 6.45) is -1.75. The lowest BCUT2D eigenvalue weighted by molar-refractivity contribution is -0.157. The number of aliphatic hydroxyl groups is 1. The molecule has 0 spiro atoms. The zero-order valence-corrected chi connectivity index (χ0v) is 5.61. The Kier molecular flexibility index (Phi) is 4.11. The third kappa shape index (κ3) is 3.50. The second-order valence-corrected chi connectivity index (χ2v) is 1.61. The minimum absolute atomic E-state index is 0.324. The van der Waals surface area contributed by atoms with Gasteiger partial charge in [-0.15, -0.1) is 0 Å². The minimum Gasteiger partial charge on any atom is -0.370 e. The van der Waals surface area contributed by atoms with Crippen LogP contribution in [0, 0.1) is 0 Å². The molecule has 0 rings (SSSR count). The van der Waals surface area contributed by atoms with E-state index in [1.54, 1.807) is 0 Å². The summed E-state index contributed by atoms with van der Waals surface area (Å²) in [5, 5.41) is 10.5. The highest BCUT2D eigenvalue weighted by atomic mass is 16.7. The largest absolute Gasteiger partial charge is 0.374 e. The molecule has 7 nitrogen and oxygen atoms in total. The molecular weight excluding hydrogens is 154 g/mol. The summed E-state index contributed by atoms with van der Waals surface area (Å²) in [4.78, 5) is 24.3. The first kappa shape index (κ1) is 9.82. The number of rotatable bonds is 3. The molecule has 0 heterocycles. The second-order valence-electron chi connectivity index (χ2n) is 1.61. The average Bonchev–Trinajstić information content (AvgIpc) is 2.02. The molecular formula is C4H9N3O4. The molecule has 1 unspecified atom stereocenters. The Morgan fingerprint density at radius 2 is 2.18 bits per heavy atom. The minimum atomic E-state index is -1.75. The molecule has 6 N–H and O–H groups in total. The standard InChI is InChI=1S/C4H9N3O4/c5-1-2(8)7-3(9)4(10)11-6/h3,9H,1,5-6H2,(H,7,8). The second kappa shape index (κ2) is 4.61. The van der Waals surface area contributed by atoms with E-state index in [9.17, 15) is 9.59 Å². The van der Waals surface area contributed by atoms with Gasteiger partial charge in [0, 0.05) is 0 Å². The number of nitrogens with two attached hydrogens (primary N) is 2. The number of carbonyl (C=O) groups is 2. The average molecular weight is 163 g/mol. The van der Waals surface area contributed by atoms with Crippen LogP contribution in [0.1, 0.15) is 0 Å². The smallest absolute Gasteiger partial charge is 0.370 e. The fourth-order valence-electron chi connectivity index (χ4n) is 0.335. The summed E-state index contributed by atoms with van der Waals surface area (Å²) < 4.78 is 0. The molecule has 0 saturated carbocycles. The zero-order valence-electron chi connectivity index (χ0n) is 5.61. The van der Waals surface area contributed by atoms with Gasteiger partial charge in [0.2, 0.25) is 12.1 Å². The van der Waals surface area contributed by atoms with Gasteiger partial charge in [-0.2, -0.15) is 5.90 Å². The monoisotopic (exact) mass is 163 g/mol. The van der Waals surface area contributed by atoms with Crippen LogP contribution in [0.25, 0.3) is 0 Å². The first-order chi connectivity index (χ1) is 5.11. The van der Waals surface area contributed by atoms with Crippen LogP contribution in [-0.2, 0) is 14.4 Å². The molecule has 1 amide bonds. The number of hydrogen-bond acceptors (Lipinski definition) is 6. The van der Waals surface area contributed by atoms with E-state index >= 15 is 0 Å². The van der Waals surface area contributed by atoms with Crippen LogP contribution >= 0.6 is 0 Å². The van der Waals surface area contributed by atoms with E-state index in [0.717, 1.165) is 0 Å². The van der Waals surface area contributed by atoms with Crippen molar-refractivity contribution in [3.63, 3.8) is 0 Å². The third-order valence-corrected chi connectivity index (χ3v) is 0.823. The molecule has 7 heteroatoms. The number of aliphatic hydroxyl groups excluding tert-OH is 1. The molecule has 0 aliphatic heterocycles. The maximum atomic E-state index is 10.4. The predicted octanol–water partition coefficient (Wildman–Crippen LogP) is -3.20. The molecule has 0 aromatic carbocycles. The van der Waals surface area contributed by atoms with Crippen molar-refractivity contribution >= 4 is 11.9 Å². The lowest BCUT2D eigenvalue weighted by Crippen LogP contribution is -2.44. The van der Waals surface area contributed by atoms with Crippen molar-refractivity contribution in [2.24, 2.45) is 11.6 Å². The number of carbonyl (C=O) groups excluding carboxylic acids is 2. The summed E-state index contributed by atoms with van der Waals surface area (Å²) >= 11 is 0. The zero-order chi connectivity index (χ0) is 8.85. The van der Waals surface area contributed by atoms with Crippen molar-refractivity contribution in [2.45, 2.75) is 6.23 Å². The van der Waals surface area contributed by atoms with Gasteiger partial charge < -0.3 is 21.0 Å². The van der Waals surface area contributed by atoms with Crippen LogP contribution in [0.4, 0.5) is 0 Å². The van der Waals surface area contributed by atoms with E-state index in [4.69, 9.17) is 10.8 Å². The first-order valence-corrected chi connectivity index (χ1v) is 2.70. The molecule has 0 bridgehead atoms. The quantitative estimate of drug-likeness (QED) is 0.256. The number of hydrogen-bond donors (Lipinski definition) is 4. The van der Waals surface area contributed by atoms with Crippen molar-refractivity contribution in [3.05, 3.63) is 0 Å². The molecule has 0 radical (unpaired) electrons. The molecule has 0 aromatic rings. The Bertz CT molecular complexity index is 159. The molecule has 0 fully saturated rings. The Morgan fingerprint density at radius 3 is 2.55 bits per heavy atom. The molecule has 1 atom stereocenters. The van der Waals surface area contributed by atoms with E-state index in [0.29, 0.717) is 0 Å². The summed E-state index contributed by atoms with van der Waals surface area (Å²) in [6, 6.07) is 0. The SMILES string of the molecule is NCC(=O)NC(O)C(=O)ON. The maximum absolute atomic E-state index is 10.4. The normalized spacial score (nSPS) is 11.9. The Labute approximate surface area is 62.2 Å². The van der Waals surface area contributed by atoms with Crippen LogP contribution in [-0.4, -0.2) is 29.8 Å². The van der Waals surface area contributed by atoms with Gasteiger partial charge in [0.25, 0.3) is 0 Å². The highest BCUT2D eigenvalue weighted by Crippen LogP contribution is 1.78. The van der Waals surface area contributed by atoms with Crippen molar-refractivity contribution in [3.8, 4) is 0 Å². The summed E-state index contributed by atoms with van der Waals surface area (Å²) in [7, 11) is 0. The highest BCUT2D eigenvalue weighted by Gasteiger charge is 2.17. The van der Waals surface area contributed by atoms with Crippen molar-refractivity contribution in [1.82, 2.24) is 5.32 Å². The van der Waals surface area contributed by atoms with Crippen LogP contribution < -0.4 is 16.9 Å². The van der Waals surface area contributed by atoms with Crippen molar-refractivity contribution in [2.75, 3.05) is 6.54 Å². The van der Waals surface area contributed by atoms with E-state index in [1.807, 2.05) is 5.32 Å². The third-order valence-electron chi connectivity index (χ3n) is 0.823. The molecule has 0 aliphatic rings. The predicted molar refractivity (Wildman–Crippen MR) is 33.5 cm³/mol. The topological polar surface area (TPSA) is 128 Å². The molecule has 0 saturated heterocycles. The fourth-order valence-corrected chi connectivity index (χ4v) is 0.335. The molecule has 11 heavy (non-hydrogen) atoms. The van der Waals surface area contributed by atoms with Gasteiger partial charge in [0.15, 0.2) is 0 Å². The molecule has 0 aromatic heterocycles. The van der Waals surface area contributed by atoms with E-state index in [2.05, 4.69) is 10.7 Å². The van der Waals surface area contributed by atoms with Gasteiger partial charge >= 0.3 is 5.97 Å². The fraction of sp³-hybridized carbons (Fsp3) is 0.500. The van der Waals surface area contributed by atoms with Crippen LogP contribution in [0.2, 0.25) is 0 Å². The highest BCUT2D eigenvalue weighted by molar-refractivity contribution is 5.84. The van der Waals surface area contributed by atoms with Crippen molar-refractivity contribution in [1.29, 1.82) is 0 Å². The van der Waals surface area contributed by atoms with Crippen molar-refractivity contribution < 1.29 is 19.5 Å². The Hall–Kier alpha value is -1.18. The van der Waals surface area contributed by atoms with Gasteiger partial charge in [0.1, 0.15) is 0 Å². The van der Waals surface area contributed by atoms with E-state index in [1.165, 1.54) is 0 Å². The summed E-state index contributed by atoms with van der Waals surface area (Å²) in [5.74, 6) is 2.57. The van der Waals surface area contributed by atoms with Gasteiger partial charge in [0.05, 0.1) is 6.54 Å². The number of nitrogens with one attached hydrogen (secondary N) is 1. The van der Waals surface area contributed by atoms with E-state index in [-0.39, 0.29) is 6.54 Å². The van der Waals surface area contributed by atoms with Gasteiger partial charge in [-0.1, -0.05) is 0 Å². The lowest BCUT2D eigenvalue weighted by Gasteiger charge is -2.07. The Balaban J connectivity index is 3.77. The van der Waals surface area contributed by atoms with Gasteiger partial charge in [-0.3, -0.25) is 4.79 Å². The maximum Gasteiger partial charge on any atom is 0.374 e. The molecule has 64 valence electrons. The van der Waals surface area contributed by atoms with Crippen LogP contribution in [0.15, 0.2) is 0 Å². The molecule has 0 aliphatic carbocycles. The lowest BCUT2D eigenvalue weighted by atomic mass is 10.5. The van der Waals surface area contributed by atoms with E-state index < -0.39 is 18.1 Å². The summed E-state index contributed by atoms with van der Waals surface area (Å²) in [5.41, 5.74) is 4.86. The first-order valence-electron chi connectivity index (χ1n) is 2.70. The number of amides is 1. The van der Waals surface area contributed by atoms with Crippen LogP contribution in [0.5, 0.6) is 0 Å². The van der Waals surface area contributed by atoms with Gasteiger partial charge in [-0.05, 0) is 0 Å². The Morgan fingerprint density at radius 1 is 1.64 bits per heavy atom. The van der Waals surface area contributed by atoms with Gasteiger partial charge in [-0.25, -0.2) is 4.79 Å². The van der Waals surface area contributed by atoms with Crippen LogP contribution in [0.3, 0.4) is 0 Å². The summed E-state index contributed by atoms with van der Waals surface area (Å²) in [6.45, 7) is -0.324.